The molecule has 21 heavy (non-hydrogen) atoms. The number of nitrogens with one attached hydrogen (secondary N) is 1. The zero-order valence-corrected chi connectivity index (χ0v) is 14.7. The van der Waals surface area contributed by atoms with Crippen molar-refractivity contribution < 1.29 is 14.4 Å². The van der Waals surface area contributed by atoms with Crippen molar-refractivity contribution in [3.8, 4) is 0 Å². The second kappa shape index (κ2) is 11.1. The first-order valence-corrected chi connectivity index (χ1v) is 8.23. The maximum atomic E-state index is 12.0. The minimum atomic E-state index is -0.406. The highest BCUT2D eigenvalue weighted by Gasteiger charge is 2.21. The van der Waals surface area contributed by atoms with Gasteiger partial charge in [0.05, 0.1) is 27.2 Å². The second-order valence-corrected chi connectivity index (χ2v) is 6.61. The number of aliphatic hydroxyl groups excluding tert-OH is 1. The number of quaternary nitrogens is 1. The van der Waals surface area contributed by atoms with Gasteiger partial charge in [-0.2, -0.15) is 0 Å². The predicted octanol–water partition coefficient (Wildman–Crippen LogP) is 1.07. The predicted molar refractivity (Wildman–Crippen MR) is 88.2 cm³/mol. The van der Waals surface area contributed by atoms with Crippen molar-refractivity contribution in [1.82, 2.24) is 10.2 Å². The van der Waals surface area contributed by atoms with Gasteiger partial charge in [0.2, 0.25) is 0 Å². The molecule has 0 radical (unpaired) electrons. The highest BCUT2D eigenvalue weighted by atomic mass is 16.3. The van der Waals surface area contributed by atoms with Crippen molar-refractivity contribution in [1.29, 1.82) is 0 Å². The van der Waals surface area contributed by atoms with Crippen LogP contribution >= 0.6 is 0 Å². The van der Waals surface area contributed by atoms with Gasteiger partial charge in [-0.25, -0.2) is 0 Å². The van der Waals surface area contributed by atoms with Crippen LogP contribution in [0.2, 0.25) is 0 Å². The maximum absolute atomic E-state index is 12.0. The van der Waals surface area contributed by atoms with Crippen LogP contribution in [0.3, 0.4) is 0 Å². The third-order valence-electron chi connectivity index (χ3n) is 3.87. The summed E-state index contributed by atoms with van der Waals surface area (Å²) in [4.78, 5) is 14.0. The standard InChI is InChI=1S/C16H36N3O2/c1-6-8-9-10-15(20)11-18(14-17-3)12-16(21)13-19(4,5)7-2/h16-17,21H,6-14H2,1-5H3/q+1. The number of hydrogen-bond acceptors (Lipinski definition) is 4. The van der Waals surface area contributed by atoms with Crippen molar-refractivity contribution in [2.24, 2.45) is 0 Å². The number of nitrogens with zero attached hydrogens (tertiary/aromatic N) is 2. The van der Waals surface area contributed by atoms with Gasteiger partial charge in [-0.3, -0.25) is 9.69 Å². The van der Waals surface area contributed by atoms with Gasteiger partial charge in [-0.15, -0.1) is 0 Å². The SMILES string of the molecule is CCCCCC(=O)CN(CNC)CC(O)C[N+](C)(C)CC. The molecular weight excluding hydrogens is 266 g/mol. The molecule has 0 aromatic carbocycles. The van der Waals surface area contributed by atoms with E-state index in [9.17, 15) is 9.90 Å². The van der Waals surface area contributed by atoms with Gasteiger partial charge in [0.25, 0.3) is 0 Å². The summed E-state index contributed by atoms with van der Waals surface area (Å²) in [5.74, 6) is 0.273. The molecule has 0 aliphatic rings. The van der Waals surface area contributed by atoms with Crippen LogP contribution < -0.4 is 5.32 Å². The monoisotopic (exact) mass is 302 g/mol. The summed E-state index contributed by atoms with van der Waals surface area (Å²) in [6.07, 6.45) is 3.47. The van der Waals surface area contributed by atoms with Crippen LogP contribution in [-0.2, 0) is 4.79 Å². The third-order valence-corrected chi connectivity index (χ3v) is 3.87. The van der Waals surface area contributed by atoms with Gasteiger partial charge in [-0.1, -0.05) is 19.8 Å². The minimum absolute atomic E-state index is 0.273. The maximum Gasteiger partial charge on any atom is 0.146 e. The summed E-state index contributed by atoms with van der Waals surface area (Å²) in [5, 5.41) is 13.3. The molecule has 1 unspecified atom stereocenters. The van der Waals surface area contributed by atoms with E-state index in [1.807, 2.05) is 11.9 Å². The molecular formula is C16H36N3O2+. The Morgan fingerprint density at radius 1 is 1.29 bits per heavy atom. The number of Topliss-reactive ketones (excluding diaryl/α,β-unsaturated/α-hetero) is 1. The minimum Gasteiger partial charge on any atom is -0.386 e. The molecule has 0 bridgehead atoms. The molecule has 0 aliphatic carbocycles. The quantitative estimate of drug-likeness (QED) is 0.304. The molecule has 1 atom stereocenters. The molecule has 0 heterocycles. The number of aliphatic hydroxyl groups is 1. The molecule has 0 saturated carbocycles. The second-order valence-electron chi connectivity index (χ2n) is 6.61. The summed E-state index contributed by atoms with van der Waals surface area (Å²) < 4.78 is 0.791. The van der Waals surface area contributed by atoms with Gasteiger partial charge < -0.3 is 14.9 Å². The normalized spacial score (nSPS) is 13.7. The zero-order chi connectivity index (χ0) is 16.3. The number of unbranched alkanes of at least 4 members (excludes halogenated alkanes) is 2. The Hall–Kier alpha value is -0.490. The summed E-state index contributed by atoms with van der Waals surface area (Å²) in [5.41, 5.74) is 0. The molecule has 126 valence electrons. The average Bonchev–Trinajstić information content (AvgIpc) is 2.38. The number of carbonyl (C=O) groups is 1. The number of carbonyl (C=O) groups excluding carboxylic acids is 1. The van der Waals surface area contributed by atoms with E-state index in [0.29, 0.717) is 32.7 Å². The molecule has 0 aromatic rings. The molecule has 0 fully saturated rings. The number of ketones is 1. The van der Waals surface area contributed by atoms with E-state index in [-0.39, 0.29) is 5.78 Å². The fourth-order valence-electron chi connectivity index (χ4n) is 2.36. The van der Waals surface area contributed by atoms with E-state index in [1.54, 1.807) is 0 Å². The fraction of sp³-hybridized carbons (Fsp3) is 0.938. The molecule has 5 heteroatoms. The third kappa shape index (κ3) is 10.8. The number of likely N-dealkylation sites (N-methyl/N-ethyl adjacent to an activating group) is 1. The molecule has 0 amide bonds. The Morgan fingerprint density at radius 2 is 1.95 bits per heavy atom. The lowest BCUT2D eigenvalue weighted by molar-refractivity contribution is -0.891. The van der Waals surface area contributed by atoms with Crippen LogP contribution in [0.1, 0.15) is 39.5 Å². The van der Waals surface area contributed by atoms with Crippen molar-refractivity contribution >= 4 is 5.78 Å². The molecule has 0 saturated heterocycles. The molecule has 0 rings (SSSR count). The van der Waals surface area contributed by atoms with E-state index in [2.05, 4.69) is 33.3 Å². The Kier molecular flexibility index (Phi) is 10.9. The van der Waals surface area contributed by atoms with Gasteiger partial charge >= 0.3 is 0 Å². The van der Waals surface area contributed by atoms with Crippen molar-refractivity contribution in [2.45, 2.75) is 45.6 Å². The zero-order valence-electron chi connectivity index (χ0n) is 14.7. The topological polar surface area (TPSA) is 52.6 Å². The summed E-state index contributed by atoms with van der Waals surface area (Å²) >= 11 is 0. The first-order valence-electron chi connectivity index (χ1n) is 8.23. The number of rotatable bonds is 13. The van der Waals surface area contributed by atoms with Crippen molar-refractivity contribution in [3.63, 3.8) is 0 Å². The molecule has 0 spiro atoms. The van der Waals surface area contributed by atoms with E-state index in [0.717, 1.165) is 30.3 Å². The van der Waals surface area contributed by atoms with E-state index < -0.39 is 6.10 Å². The number of hydrogen-bond donors (Lipinski definition) is 2. The molecule has 0 aromatic heterocycles. The van der Waals surface area contributed by atoms with E-state index in [1.165, 1.54) is 0 Å². The Bertz CT molecular complexity index is 283. The van der Waals surface area contributed by atoms with Gasteiger partial charge in [0.1, 0.15) is 18.4 Å². The fourth-order valence-corrected chi connectivity index (χ4v) is 2.36. The lowest BCUT2D eigenvalue weighted by atomic mass is 10.1. The van der Waals surface area contributed by atoms with Gasteiger partial charge in [0.15, 0.2) is 0 Å². The molecule has 5 nitrogen and oxygen atoms in total. The van der Waals surface area contributed by atoms with Crippen LogP contribution in [-0.4, -0.2) is 80.4 Å². The Balaban J connectivity index is 4.25. The van der Waals surface area contributed by atoms with Crippen LogP contribution in [0.4, 0.5) is 0 Å². The molecule has 2 N–H and O–H groups in total. The lowest BCUT2D eigenvalue weighted by Gasteiger charge is -2.32. The molecule has 0 aliphatic heterocycles. The summed E-state index contributed by atoms with van der Waals surface area (Å²) in [6, 6.07) is 0. The first kappa shape index (κ1) is 20.5. The highest BCUT2D eigenvalue weighted by molar-refractivity contribution is 5.80. The smallest absolute Gasteiger partial charge is 0.146 e. The van der Waals surface area contributed by atoms with Gasteiger partial charge in [0, 0.05) is 19.6 Å². The average molecular weight is 302 g/mol. The van der Waals surface area contributed by atoms with Crippen LogP contribution in [0.25, 0.3) is 0 Å². The van der Waals surface area contributed by atoms with Crippen LogP contribution in [0, 0.1) is 0 Å². The van der Waals surface area contributed by atoms with E-state index in [4.69, 9.17) is 0 Å². The Labute approximate surface area is 130 Å². The largest absolute Gasteiger partial charge is 0.386 e. The summed E-state index contributed by atoms with van der Waals surface area (Å²) in [7, 11) is 6.09. The summed E-state index contributed by atoms with van der Waals surface area (Å²) in [6.45, 7) is 7.57. The van der Waals surface area contributed by atoms with Crippen LogP contribution in [0.15, 0.2) is 0 Å². The lowest BCUT2D eigenvalue weighted by Crippen LogP contribution is -2.50. The van der Waals surface area contributed by atoms with E-state index >= 15 is 0 Å². The first-order chi connectivity index (χ1) is 9.84. The van der Waals surface area contributed by atoms with Gasteiger partial charge in [-0.05, 0) is 20.4 Å². The Morgan fingerprint density at radius 3 is 2.48 bits per heavy atom. The van der Waals surface area contributed by atoms with Crippen molar-refractivity contribution in [3.05, 3.63) is 0 Å². The highest BCUT2D eigenvalue weighted by Crippen LogP contribution is 2.04. The van der Waals surface area contributed by atoms with Crippen LogP contribution in [0.5, 0.6) is 0 Å². The van der Waals surface area contributed by atoms with Crippen molar-refractivity contribution in [2.75, 3.05) is 54.0 Å².